The molecule has 1 amide bonds. The Morgan fingerprint density at radius 2 is 2.05 bits per heavy atom. The summed E-state index contributed by atoms with van der Waals surface area (Å²) in [5, 5.41) is 0. The van der Waals surface area contributed by atoms with Crippen molar-refractivity contribution in [2.75, 3.05) is 20.2 Å². The van der Waals surface area contributed by atoms with E-state index < -0.39 is 5.97 Å². The number of ether oxygens (including phenoxy) is 1. The van der Waals surface area contributed by atoms with Gasteiger partial charge in [-0.2, -0.15) is 0 Å². The number of rotatable bonds is 7. The number of hydrogen-bond acceptors (Lipinski definition) is 3. The highest BCUT2D eigenvalue weighted by atomic mass is 79.9. The lowest BCUT2D eigenvalue weighted by molar-refractivity contribution is -0.141. The second kappa shape index (κ2) is 8.09. The molecule has 0 aliphatic heterocycles. The fraction of sp³-hybridized carbons (Fsp3) is 0.571. The molecule has 0 unspecified atom stereocenters. The van der Waals surface area contributed by atoms with E-state index in [0.717, 1.165) is 23.9 Å². The SMILES string of the molecule is CCCN(CC(=O)OC)C(=O)c1cc(Br)cn1CCC. The summed E-state index contributed by atoms with van der Waals surface area (Å²) in [7, 11) is 1.33. The first kappa shape index (κ1) is 16.8. The van der Waals surface area contributed by atoms with Gasteiger partial charge in [0, 0.05) is 23.8 Å². The van der Waals surface area contributed by atoms with Crippen LogP contribution in [0.3, 0.4) is 0 Å². The van der Waals surface area contributed by atoms with Gasteiger partial charge in [-0.15, -0.1) is 0 Å². The van der Waals surface area contributed by atoms with E-state index >= 15 is 0 Å². The van der Waals surface area contributed by atoms with Crippen molar-refractivity contribution in [3.05, 3.63) is 22.4 Å². The highest BCUT2D eigenvalue weighted by Crippen LogP contribution is 2.17. The molecular formula is C14H21BrN2O3. The molecule has 20 heavy (non-hydrogen) atoms. The van der Waals surface area contributed by atoms with Crippen molar-refractivity contribution < 1.29 is 14.3 Å². The maximum absolute atomic E-state index is 12.6. The van der Waals surface area contributed by atoms with Gasteiger partial charge >= 0.3 is 5.97 Å². The molecule has 0 bridgehead atoms. The summed E-state index contributed by atoms with van der Waals surface area (Å²) in [5.74, 6) is -0.545. The summed E-state index contributed by atoms with van der Waals surface area (Å²) >= 11 is 3.39. The zero-order chi connectivity index (χ0) is 15.1. The quantitative estimate of drug-likeness (QED) is 0.714. The van der Waals surface area contributed by atoms with Crippen molar-refractivity contribution in [2.24, 2.45) is 0 Å². The van der Waals surface area contributed by atoms with Crippen LogP contribution in [0.5, 0.6) is 0 Å². The van der Waals surface area contributed by atoms with E-state index in [2.05, 4.69) is 27.6 Å². The highest BCUT2D eigenvalue weighted by molar-refractivity contribution is 9.10. The predicted molar refractivity (Wildman–Crippen MR) is 80.6 cm³/mol. The lowest BCUT2D eigenvalue weighted by Crippen LogP contribution is -2.37. The fourth-order valence-corrected chi connectivity index (χ4v) is 2.45. The molecule has 0 saturated carbocycles. The number of halogens is 1. The number of methoxy groups -OCH3 is 1. The standard InChI is InChI=1S/C14H21BrN2O3/c1-4-6-16-9-11(15)8-12(16)14(19)17(7-5-2)10-13(18)20-3/h8-9H,4-7,10H2,1-3H3. The second-order valence-electron chi connectivity index (χ2n) is 4.54. The zero-order valence-corrected chi connectivity index (χ0v) is 13.8. The maximum atomic E-state index is 12.6. The van der Waals surface area contributed by atoms with Crippen LogP contribution in [0.15, 0.2) is 16.7 Å². The molecule has 5 nitrogen and oxygen atoms in total. The summed E-state index contributed by atoms with van der Waals surface area (Å²) < 4.78 is 7.42. The van der Waals surface area contributed by atoms with Crippen molar-refractivity contribution in [1.29, 1.82) is 0 Å². The van der Waals surface area contributed by atoms with E-state index in [-0.39, 0.29) is 12.5 Å². The van der Waals surface area contributed by atoms with Crippen LogP contribution in [0.25, 0.3) is 0 Å². The first-order valence-electron chi connectivity index (χ1n) is 6.75. The van der Waals surface area contributed by atoms with E-state index in [9.17, 15) is 9.59 Å². The summed E-state index contributed by atoms with van der Waals surface area (Å²) in [6, 6.07) is 1.79. The van der Waals surface area contributed by atoms with Gasteiger partial charge < -0.3 is 14.2 Å². The van der Waals surface area contributed by atoms with Gasteiger partial charge in [-0.05, 0) is 34.8 Å². The van der Waals surface area contributed by atoms with Gasteiger partial charge in [-0.1, -0.05) is 13.8 Å². The van der Waals surface area contributed by atoms with E-state index in [1.54, 1.807) is 6.07 Å². The highest BCUT2D eigenvalue weighted by Gasteiger charge is 2.21. The van der Waals surface area contributed by atoms with Crippen LogP contribution in [0.1, 0.15) is 37.2 Å². The number of hydrogen-bond donors (Lipinski definition) is 0. The molecule has 6 heteroatoms. The van der Waals surface area contributed by atoms with Gasteiger partial charge in [-0.25, -0.2) is 0 Å². The molecule has 112 valence electrons. The summed E-state index contributed by atoms with van der Waals surface area (Å²) in [4.78, 5) is 25.5. The number of carbonyl (C=O) groups excluding carboxylic acids is 2. The van der Waals surface area contributed by atoms with E-state index in [1.165, 1.54) is 12.0 Å². The zero-order valence-electron chi connectivity index (χ0n) is 12.2. The number of aryl methyl sites for hydroxylation is 1. The molecule has 0 spiro atoms. The summed E-state index contributed by atoms with van der Waals surface area (Å²) in [5.41, 5.74) is 0.594. The molecule has 1 heterocycles. The third-order valence-corrected chi connectivity index (χ3v) is 3.31. The summed E-state index contributed by atoms with van der Waals surface area (Å²) in [6.07, 6.45) is 3.61. The lowest BCUT2D eigenvalue weighted by atomic mass is 10.3. The molecule has 0 fully saturated rings. The van der Waals surface area contributed by atoms with Gasteiger partial charge in [-0.3, -0.25) is 9.59 Å². The molecule has 1 rings (SSSR count). The minimum absolute atomic E-state index is 0.0158. The van der Waals surface area contributed by atoms with E-state index in [0.29, 0.717) is 12.2 Å². The Morgan fingerprint density at radius 1 is 1.35 bits per heavy atom. The minimum atomic E-state index is -0.403. The van der Waals surface area contributed by atoms with Gasteiger partial charge in [0.25, 0.3) is 5.91 Å². The smallest absolute Gasteiger partial charge is 0.325 e. The van der Waals surface area contributed by atoms with Crippen LogP contribution in [0, 0.1) is 0 Å². The van der Waals surface area contributed by atoms with Crippen LogP contribution in [0.2, 0.25) is 0 Å². The third kappa shape index (κ3) is 4.37. The number of amides is 1. The Labute approximate surface area is 128 Å². The van der Waals surface area contributed by atoms with Crippen molar-refractivity contribution in [3.8, 4) is 0 Å². The molecule has 1 aromatic heterocycles. The predicted octanol–water partition coefficient (Wildman–Crippen LogP) is 2.69. The van der Waals surface area contributed by atoms with Crippen LogP contribution >= 0.6 is 15.9 Å². The Bertz CT molecular complexity index is 471. The van der Waals surface area contributed by atoms with Crippen LogP contribution in [-0.4, -0.2) is 41.5 Å². The third-order valence-electron chi connectivity index (χ3n) is 2.88. The van der Waals surface area contributed by atoms with Gasteiger partial charge in [0.15, 0.2) is 0 Å². The average molecular weight is 345 g/mol. The molecule has 0 aliphatic carbocycles. The number of aromatic nitrogens is 1. The molecule has 0 aliphatic rings. The van der Waals surface area contributed by atoms with Crippen molar-refractivity contribution in [1.82, 2.24) is 9.47 Å². The molecule has 0 saturated heterocycles. The van der Waals surface area contributed by atoms with Crippen LogP contribution in [0.4, 0.5) is 0 Å². The molecule has 0 N–H and O–H groups in total. The maximum Gasteiger partial charge on any atom is 0.325 e. The number of carbonyl (C=O) groups is 2. The Balaban J connectivity index is 2.96. The van der Waals surface area contributed by atoms with E-state index in [1.807, 2.05) is 17.7 Å². The van der Waals surface area contributed by atoms with Crippen molar-refractivity contribution >= 4 is 27.8 Å². The first-order valence-corrected chi connectivity index (χ1v) is 7.54. The molecule has 0 atom stereocenters. The summed E-state index contributed by atoms with van der Waals surface area (Å²) in [6.45, 7) is 5.31. The van der Waals surface area contributed by atoms with Gasteiger partial charge in [0.2, 0.25) is 0 Å². The van der Waals surface area contributed by atoms with Crippen molar-refractivity contribution in [3.63, 3.8) is 0 Å². The monoisotopic (exact) mass is 344 g/mol. The molecule has 1 aromatic rings. The topological polar surface area (TPSA) is 51.5 Å². The normalized spacial score (nSPS) is 10.4. The largest absolute Gasteiger partial charge is 0.468 e. The van der Waals surface area contributed by atoms with Crippen LogP contribution < -0.4 is 0 Å². The average Bonchev–Trinajstić information content (AvgIpc) is 2.78. The fourth-order valence-electron chi connectivity index (χ4n) is 1.98. The lowest BCUT2D eigenvalue weighted by Gasteiger charge is -2.21. The first-order chi connectivity index (χ1) is 9.53. The molecule has 0 aromatic carbocycles. The Kier molecular flexibility index (Phi) is 6.78. The van der Waals surface area contributed by atoms with Gasteiger partial charge in [0.1, 0.15) is 12.2 Å². The van der Waals surface area contributed by atoms with Gasteiger partial charge in [0.05, 0.1) is 7.11 Å². The Hall–Kier alpha value is -1.30. The minimum Gasteiger partial charge on any atom is -0.468 e. The molecule has 0 radical (unpaired) electrons. The number of esters is 1. The molecular weight excluding hydrogens is 324 g/mol. The van der Waals surface area contributed by atoms with Crippen molar-refractivity contribution in [2.45, 2.75) is 33.2 Å². The van der Waals surface area contributed by atoms with E-state index in [4.69, 9.17) is 0 Å². The van der Waals surface area contributed by atoms with Crippen LogP contribution in [-0.2, 0) is 16.1 Å². The second-order valence-corrected chi connectivity index (χ2v) is 5.46. The number of nitrogens with zero attached hydrogens (tertiary/aromatic N) is 2. The Morgan fingerprint density at radius 3 is 2.60 bits per heavy atom.